The molecular formula is C12H23SSn. The van der Waals surface area contributed by atoms with Gasteiger partial charge in [-0.2, -0.15) is 0 Å². The summed E-state index contributed by atoms with van der Waals surface area (Å²) in [5.74, 6) is 1.12. The molecule has 14 heavy (non-hydrogen) atoms. The summed E-state index contributed by atoms with van der Waals surface area (Å²) in [5, 5.41) is 0. The Morgan fingerprint density at radius 2 is 1.50 bits per heavy atom. The molecule has 1 rings (SSSR count). The molecule has 0 aromatic heterocycles. The monoisotopic (exact) mass is 319 g/mol. The van der Waals surface area contributed by atoms with E-state index < -0.39 is 0 Å². The Labute approximate surface area is 112 Å². The predicted octanol–water partition coefficient (Wildman–Crippen LogP) is 4.53. The van der Waals surface area contributed by atoms with Gasteiger partial charge in [0.25, 0.3) is 0 Å². The van der Waals surface area contributed by atoms with Gasteiger partial charge in [0.05, 0.1) is 0 Å². The molecule has 5 radical (unpaired) electrons. The fraction of sp³-hybridized carbons (Fsp3) is 0.417. The Bertz CT molecular complexity index is 175. The quantitative estimate of drug-likeness (QED) is 0.583. The summed E-state index contributed by atoms with van der Waals surface area (Å²) in [4.78, 5) is 1.34. The van der Waals surface area contributed by atoms with E-state index in [4.69, 9.17) is 0 Å². The molecule has 1 aromatic carbocycles. The van der Waals surface area contributed by atoms with Crippen molar-refractivity contribution in [1.82, 2.24) is 0 Å². The summed E-state index contributed by atoms with van der Waals surface area (Å²) in [7, 11) is 0. The second kappa shape index (κ2) is 15.8. The summed E-state index contributed by atoms with van der Waals surface area (Å²) in [5.41, 5.74) is 0. The predicted molar refractivity (Wildman–Crippen MR) is 73.1 cm³/mol. The third kappa shape index (κ3) is 10.4. The Balaban J connectivity index is -0.000000125. The SMILES string of the molecule is C.C.C.[CH2]CCSc1ccccc1.[Sn]. The Kier molecular flexibility index (Phi) is 27.0. The van der Waals surface area contributed by atoms with Gasteiger partial charge in [-0.15, -0.1) is 11.8 Å². The van der Waals surface area contributed by atoms with E-state index in [1.165, 1.54) is 4.90 Å². The number of thioether (sulfide) groups is 1. The largest absolute Gasteiger partial charge is 0.126 e. The molecule has 0 unspecified atom stereocenters. The van der Waals surface area contributed by atoms with Crippen molar-refractivity contribution in [2.45, 2.75) is 33.6 Å². The molecule has 0 atom stereocenters. The van der Waals surface area contributed by atoms with Gasteiger partial charge >= 0.3 is 0 Å². The number of rotatable bonds is 3. The minimum Gasteiger partial charge on any atom is -0.126 e. The molecule has 0 amide bonds. The van der Waals surface area contributed by atoms with Crippen molar-refractivity contribution in [1.29, 1.82) is 0 Å². The van der Waals surface area contributed by atoms with Gasteiger partial charge in [0.2, 0.25) is 0 Å². The smallest absolute Gasteiger partial charge is 0.00719 e. The molecule has 0 saturated heterocycles. The molecule has 0 aliphatic heterocycles. The average Bonchev–Trinajstić information content (AvgIpc) is 2.03. The molecule has 0 bridgehead atoms. The second-order valence-electron chi connectivity index (χ2n) is 2.02. The number of hydrogen-bond acceptors (Lipinski definition) is 1. The molecule has 0 aliphatic rings. The molecule has 0 fully saturated rings. The van der Waals surface area contributed by atoms with E-state index in [1.54, 1.807) is 0 Å². The van der Waals surface area contributed by atoms with Gasteiger partial charge in [0.1, 0.15) is 0 Å². The van der Waals surface area contributed by atoms with Gasteiger partial charge in [-0.3, -0.25) is 0 Å². The Morgan fingerprint density at radius 3 is 1.93 bits per heavy atom. The third-order valence-electron chi connectivity index (χ3n) is 1.16. The van der Waals surface area contributed by atoms with Crippen molar-refractivity contribution in [3.63, 3.8) is 0 Å². The zero-order valence-electron chi connectivity index (χ0n) is 6.42. The van der Waals surface area contributed by atoms with E-state index in [9.17, 15) is 0 Å². The minimum absolute atomic E-state index is 0. The van der Waals surface area contributed by atoms with Gasteiger partial charge in [0.15, 0.2) is 0 Å². The van der Waals surface area contributed by atoms with Crippen LogP contribution in [0.2, 0.25) is 0 Å². The van der Waals surface area contributed by atoms with Crippen LogP contribution in [0.15, 0.2) is 35.2 Å². The molecule has 81 valence electrons. The standard InChI is InChI=1S/C9H11S.3CH4.Sn/c1-2-8-10-9-6-4-3-5-7-9;;;;/h3-7H,1-2,8H2;3*1H4;. The maximum Gasteiger partial charge on any atom is 0.00719 e. The van der Waals surface area contributed by atoms with Crippen LogP contribution >= 0.6 is 11.8 Å². The van der Waals surface area contributed by atoms with E-state index in [-0.39, 0.29) is 46.2 Å². The van der Waals surface area contributed by atoms with Crippen LogP contribution < -0.4 is 0 Å². The molecule has 0 spiro atoms. The molecule has 0 aliphatic carbocycles. The first-order chi connectivity index (χ1) is 4.93. The molecule has 2 heteroatoms. The zero-order chi connectivity index (χ0) is 7.23. The summed E-state index contributed by atoms with van der Waals surface area (Å²) in [6.07, 6.45) is 1.000. The summed E-state index contributed by atoms with van der Waals surface area (Å²) in [6, 6.07) is 10.4. The van der Waals surface area contributed by atoms with E-state index in [1.807, 2.05) is 17.8 Å². The topological polar surface area (TPSA) is 0 Å². The van der Waals surface area contributed by atoms with E-state index in [0.29, 0.717) is 0 Å². The zero-order valence-corrected chi connectivity index (χ0v) is 10.1. The van der Waals surface area contributed by atoms with E-state index in [2.05, 4.69) is 31.2 Å². The fourth-order valence-electron chi connectivity index (χ4n) is 0.707. The molecule has 0 N–H and O–H groups in total. The normalized spacial score (nSPS) is 6.93. The van der Waals surface area contributed by atoms with Crippen molar-refractivity contribution >= 4 is 35.7 Å². The van der Waals surface area contributed by atoms with Crippen molar-refractivity contribution in [2.75, 3.05) is 5.75 Å². The van der Waals surface area contributed by atoms with Gasteiger partial charge in [-0.05, 0) is 24.3 Å². The van der Waals surface area contributed by atoms with Crippen LogP contribution in [-0.4, -0.2) is 29.7 Å². The van der Waals surface area contributed by atoms with Crippen molar-refractivity contribution < 1.29 is 0 Å². The van der Waals surface area contributed by atoms with Gasteiger partial charge in [-0.1, -0.05) is 47.4 Å². The molecule has 0 heterocycles. The van der Waals surface area contributed by atoms with Crippen molar-refractivity contribution in [2.24, 2.45) is 0 Å². The number of hydrogen-bond donors (Lipinski definition) is 0. The summed E-state index contributed by atoms with van der Waals surface area (Å²) >= 11 is 1.86. The van der Waals surface area contributed by atoms with Crippen LogP contribution in [0, 0.1) is 6.92 Å². The van der Waals surface area contributed by atoms with Crippen LogP contribution in [0.3, 0.4) is 0 Å². The summed E-state index contributed by atoms with van der Waals surface area (Å²) in [6.45, 7) is 3.78. The van der Waals surface area contributed by atoms with Crippen LogP contribution in [0.5, 0.6) is 0 Å². The molecule has 0 saturated carbocycles. The van der Waals surface area contributed by atoms with Gasteiger partial charge < -0.3 is 0 Å². The summed E-state index contributed by atoms with van der Waals surface area (Å²) < 4.78 is 0. The van der Waals surface area contributed by atoms with Crippen LogP contribution in [0.25, 0.3) is 0 Å². The fourth-order valence-corrected chi connectivity index (χ4v) is 1.44. The Morgan fingerprint density at radius 1 is 1.00 bits per heavy atom. The van der Waals surface area contributed by atoms with Gasteiger partial charge in [-0.25, -0.2) is 0 Å². The van der Waals surface area contributed by atoms with Crippen molar-refractivity contribution in [3.05, 3.63) is 37.3 Å². The Hall–Kier alpha value is 0.369. The van der Waals surface area contributed by atoms with Crippen LogP contribution in [-0.2, 0) is 0 Å². The van der Waals surface area contributed by atoms with Crippen LogP contribution in [0.1, 0.15) is 28.7 Å². The van der Waals surface area contributed by atoms with Crippen LogP contribution in [0.4, 0.5) is 0 Å². The molecule has 1 aromatic rings. The van der Waals surface area contributed by atoms with E-state index >= 15 is 0 Å². The average molecular weight is 318 g/mol. The van der Waals surface area contributed by atoms with Gasteiger partial charge in [0, 0.05) is 28.8 Å². The third-order valence-corrected chi connectivity index (χ3v) is 2.25. The first-order valence-electron chi connectivity index (χ1n) is 3.40. The maximum atomic E-state index is 3.78. The second-order valence-corrected chi connectivity index (χ2v) is 3.18. The molecular weight excluding hydrogens is 295 g/mol. The number of benzene rings is 1. The molecule has 0 nitrogen and oxygen atoms in total. The first kappa shape index (κ1) is 23.9. The van der Waals surface area contributed by atoms with Crippen molar-refractivity contribution in [3.8, 4) is 0 Å². The first-order valence-corrected chi connectivity index (χ1v) is 4.39. The van der Waals surface area contributed by atoms with E-state index in [0.717, 1.165) is 12.2 Å². The maximum absolute atomic E-state index is 3.78. The minimum atomic E-state index is 0.